The summed E-state index contributed by atoms with van der Waals surface area (Å²) in [6.45, 7) is 0. The molecule has 0 bridgehead atoms. The monoisotopic (exact) mass is 362 g/mol. The van der Waals surface area contributed by atoms with Crippen LogP contribution in [0.2, 0.25) is 0 Å². The molecule has 5 nitrogen and oxygen atoms in total. The minimum absolute atomic E-state index is 0. The zero-order chi connectivity index (χ0) is 11.6. The Bertz CT molecular complexity index is 567. The minimum Gasteiger partial charge on any atom is -0.399 e. The fourth-order valence-corrected chi connectivity index (χ4v) is 2.88. The average molecular weight is 363 g/mol. The van der Waals surface area contributed by atoms with Gasteiger partial charge in [0.2, 0.25) is 0 Å². The van der Waals surface area contributed by atoms with E-state index in [0.717, 1.165) is 0 Å². The van der Waals surface area contributed by atoms with Crippen LogP contribution < -0.4 is 10.5 Å². The summed E-state index contributed by atoms with van der Waals surface area (Å²) in [5, 5.41) is 2.04. The molecule has 94 valence electrons. The van der Waals surface area contributed by atoms with Crippen molar-refractivity contribution in [1.29, 1.82) is 0 Å². The van der Waals surface area contributed by atoms with Crippen molar-refractivity contribution in [3.05, 3.63) is 35.8 Å². The van der Waals surface area contributed by atoms with Crippen LogP contribution in [0.5, 0.6) is 0 Å². The molecule has 0 aliphatic heterocycles. The second kappa shape index (κ2) is 5.65. The van der Waals surface area contributed by atoms with E-state index in [4.69, 9.17) is 5.73 Å². The van der Waals surface area contributed by atoms with Gasteiger partial charge in [0.1, 0.15) is 0 Å². The van der Waals surface area contributed by atoms with Crippen LogP contribution in [0.15, 0.2) is 40.7 Å². The number of nitrogens with two attached hydrogens (primary N) is 1. The Balaban J connectivity index is 0.00000144. The van der Waals surface area contributed by atoms with Crippen LogP contribution in [-0.2, 0) is 32.4 Å². The van der Waals surface area contributed by atoms with Gasteiger partial charge in [0.05, 0.1) is 4.90 Å². The number of nitrogens with zero attached hydrogens (tertiary/aromatic N) is 1. The maximum atomic E-state index is 11.8. The number of nitrogen functional groups attached to an aromatic ring is 1. The maximum absolute atomic E-state index is 11.8. The number of rotatable bonds is 3. The molecule has 0 unspecified atom stereocenters. The molecule has 0 radical (unpaired) electrons. The van der Waals surface area contributed by atoms with Gasteiger partial charge in [0.15, 0.2) is 5.13 Å². The number of hydrogen-bond donors (Lipinski definition) is 2. The largest absolute Gasteiger partial charge is 1.00 e. The van der Waals surface area contributed by atoms with Crippen LogP contribution in [0, 0.1) is 0 Å². The van der Waals surface area contributed by atoms with E-state index in [0.29, 0.717) is 10.8 Å². The van der Waals surface area contributed by atoms with E-state index < -0.39 is 10.0 Å². The SMILES string of the molecule is Nc1ccc(S(=O)(=O)Nc2nccs2)cc1.[Ag+]. The van der Waals surface area contributed by atoms with Crippen LogP contribution in [-0.4, -0.2) is 13.4 Å². The third kappa shape index (κ3) is 3.55. The molecule has 0 saturated carbocycles. The van der Waals surface area contributed by atoms with Crippen LogP contribution >= 0.6 is 11.3 Å². The second-order valence-electron chi connectivity index (χ2n) is 3.01. The van der Waals surface area contributed by atoms with Crippen molar-refractivity contribution in [2.75, 3.05) is 10.5 Å². The van der Waals surface area contributed by atoms with E-state index in [1.165, 1.54) is 41.8 Å². The molecule has 0 aliphatic rings. The molecule has 2 aromatic rings. The van der Waals surface area contributed by atoms with Gasteiger partial charge in [-0.15, -0.1) is 11.3 Å². The molecular formula is C9H9AgN3O2S2+. The predicted octanol–water partition coefficient (Wildman–Crippen LogP) is 1.52. The van der Waals surface area contributed by atoms with Gasteiger partial charge in [-0.25, -0.2) is 13.4 Å². The Labute approximate surface area is 119 Å². The standard InChI is InChI=1S/C9H9N3O2S2.Ag/c10-7-1-3-8(4-2-7)16(13,14)12-9-11-5-6-15-9;/h1-6H,10H2,(H,11,12);/q;+1. The van der Waals surface area contributed by atoms with E-state index in [1.807, 2.05) is 0 Å². The molecule has 1 aromatic heterocycles. The van der Waals surface area contributed by atoms with Crippen LogP contribution in [0.3, 0.4) is 0 Å². The number of benzene rings is 1. The molecule has 1 heterocycles. The van der Waals surface area contributed by atoms with Gasteiger partial charge in [-0.05, 0) is 24.3 Å². The first-order valence-electron chi connectivity index (χ1n) is 4.36. The molecule has 0 spiro atoms. The van der Waals surface area contributed by atoms with Gasteiger partial charge in [0.25, 0.3) is 10.0 Å². The van der Waals surface area contributed by atoms with E-state index in [1.54, 1.807) is 5.38 Å². The van der Waals surface area contributed by atoms with Crippen molar-refractivity contribution in [2.24, 2.45) is 0 Å². The van der Waals surface area contributed by atoms with Crippen molar-refractivity contribution in [3.8, 4) is 0 Å². The first-order chi connectivity index (χ1) is 7.58. The molecule has 0 aliphatic carbocycles. The molecule has 8 heteroatoms. The van der Waals surface area contributed by atoms with E-state index in [-0.39, 0.29) is 27.3 Å². The molecule has 2 rings (SSSR count). The van der Waals surface area contributed by atoms with Gasteiger partial charge in [0, 0.05) is 17.3 Å². The van der Waals surface area contributed by atoms with Crippen molar-refractivity contribution in [2.45, 2.75) is 4.90 Å². The third-order valence-electron chi connectivity index (χ3n) is 1.84. The third-order valence-corrected chi connectivity index (χ3v) is 4.02. The Hall–Kier alpha value is -0.860. The Morgan fingerprint density at radius 1 is 1.24 bits per heavy atom. The summed E-state index contributed by atoms with van der Waals surface area (Å²) in [4.78, 5) is 4.01. The molecule has 0 atom stereocenters. The number of thiazole rings is 1. The maximum Gasteiger partial charge on any atom is 1.00 e. The molecule has 1 aromatic carbocycles. The molecule has 17 heavy (non-hydrogen) atoms. The summed E-state index contributed by atoms with van der Waals surface area (Å²) in [5.74, 6) is 0. The van der Waals surface area contributed by atoms with Gasteiger partial charge in [-0.3, -0.25) is 4.72 Å². The molecule has 0 amide bonds. The number of sulfonamides is 1. The quantitative estimate of drug-likeness (QED) is 0.640. The van der Waals surface area contributed by atoms with Crippen LogP contribution in [0.4, 0.5) is 10.8 Å². The minimum atomic E-state index is -3.56. The topological polar surface area (TPSA) is 85.1 Å². The van der Waals surface area contributed by atoms with Crippen molar-refractivity contribution in [1.82, 2.24) is 4.98 Å². The van der Waals surface area contributed by atoms with E-state index in [9.17, 15) is 8.42 Å². The zero-order valence-corrected chi connectivity index (χ0v) is 11.5. The second-order valence-corrected chi connectivity index (χ2v) is 5.59. The van der Waals surface area contributed by atoms with Gasteiger partial charge in [-0.1, -0.05) is 0 Å². The summed E-state index contributed by atoms with van der Waals surface area (Å²) in [6, 6.07) is 5.98. The van der Waals surface area contributed by atoms with Crippen molar-refractivity contribution < 1.29 is 30.8 Å². The molecule has 3 N–H and O–H groups in total. The Morgan fingerprint density at radius 2 is 1.88 bits per heavy atom. The normalized spacial score (nSPS) is 10.6. The average Bonchev–Trinajstić information content (AvgIpc) is 2.70. The van der Waals surface area contributed by atoms with Gasteiger partial charge >= 0.3 is 22.4 Å². The summed E-state index contributed by atoms with van der Waals surface area (Å²) < 4.78 is 26.0. The Kier molecular flexibility index (Phi) is 4.72. The molecule has 0 fully saturated rings. The summed E-state index contributed by atoms with van der Waals surface area (Å²) in [6.07, 6.45) is 1.53. The Morgan fingerprint density at radius 3 is 2.41 bits per heavy atom. The van der Waals surface area contributed by atoms with Gasteiger partial charge < -0.3 is 5.73 Å². The molecule has 0 saturated heterocycles. The summed E-state index contributed by atoms with van der Waals surface area (Å²) in [5.41, 5.74) is 6.00. The molecular weight excluding hydrogens is 354 g/mol. The zero-order valence-electron chi connectivity index (χ0n) is 8.42. The van der Waals surface area contributed by atoms with Gasteiger partial charge in [-0.2, -0.15) is 0 Å². The fourth-order valence-electron chi connectivity index (χ4n) is 1.09. The predicted molar refractivity (Wildman–Crippen MR) is 63.8 cm³/mol. The summed E-state index contributed by atoms with van der Waals surface area (Å²) >= 11 is 1.22. The first-order valence-corrected chi connectivity index (χ1v) is 6.72. The van der Waals surface area contributed by atoms with E-state index in [2.05, 4.69) is 9.71 Å². The number of aromatic nitrogens is 1. The van der Waals surface area contributed by atoms with E-state index >= 15 is 0 Å². The first kappa shape index (κ1) is 14.2. The van der Waals surface area contributed by atoms with Crippen LogP contribution in [0.25, 0.3) is 0 Å². The van der Waals surface area contributed by atoms with Crippen molar-refractivity contribution >= 4 is 32.2 Å². The fraction of sp³-hybridized carbons (Fsp3) is 0. The van der Waals surface area contributed by atoms with Crippen molar-refractivity contribution in [3.63, 3.8) is 0 Å². The number of anilines is 2. The summed E-state index contributed by atoms with van der Waals surface area (Å²) in [7, 11) is -3.56. The number of hydrogen-bond acceptors (Lipinski definition) is 5. The smallest absolute Gasteiger partial charge is 0.399 e. The van der Waals surface area contributed by atoms with Crippen LogP contribution in [0.1, 0.15) is 0 Å². The number of nitrogens with one attached hydrogen (secondary N) is 1.